The van der Waals surface area contributed by atoms with Crippen LogP contribution in [-0.2, 0) is 27.6 Å². The average Bonchev–Trinajstić information content (AvgIpc) is 3.10. The van der Waals surface area contributed by atoms with Crippen molar-refractivity contribution >= 4 is 35.4 Å². The van der Waals surface area contributed by atoms with Crippen LogP contribution in [0.15, 0.2) is 109 Å². The maximum atomic E-state index is 14.0. The average molecular weight is 725 g/mol. The Labute approximate surface area is 307 Å². The lowest BCUT2D eigenvalue weighted by atomic mass is 9.86. The highest BCUT2D eigenvalue weighted by Gasteiger charge is 2.31. The summed E-state index contributed by atoms with van der Waals surface area (Å²) in [6.45, 7) is 8.57. The molecule has 5 rings (SSSR count). The third kappa shape index (κ3) is 9.36. The number of rotatable bonds is 11. The van der Waals surface area contributed by atoms with Crippen LogP contribution >= 0.6 is 11.6 Å². The molecule has 1 atom stereocenters. The summed E-state index contributed by atoms with van der Waals surface area (Å²) in [5, 5.41) is 5.72. The van der Waals surface area contributed by atoms with Gasteiger partial charge in [0.15, 0.2) is 0 Å². The molecule has 5 aromatic rings. The van der Waals surface area contributed by atoms with Crippen molar-refractivity contribution in [1.29, 1.82) is 0 Å². The molecule has 0 aliphatic heterocycles. The van der Waals surface area contributed by atoms with Crippen molar-refractivity contribution in [3.8, 4) is 22.3 Å². The van der Waals surface area contributed by atoms with Gasteiger partial charge in [-0.3, -0.25) is 9.59 Å². The van der Waals surface area contributed by atoms with E-state index in [1.54, 1.807) is 37.3 Å². The summed E-state index contributed by atoms with van der Waals surface area (Å²) in [6.07, 6.45) is -3.19. The number of anilines is 1. The molecule has 0 saturated heterocycles. The lowest BCUT2D eigenvalue weighted by Gasteiger charge is -2.20. The van der Waals surface area contributed by atoms with Crippen LogP contribution in [0.1, 0.15) is 71.3 Å². The highest BCUT2D eigenvalue weighted by Crippen LogP contribution is 2.37. The normalized spacial score (nSPS) is 12.2. The lowest BCUT2D eigenvalue weighted by molar-refractivity contribution is -0.137. The number of hydrogen-bond acceptors (Lipinski definition) is 3. The maximum Gasteiger partial charge on any atom is 0.416 e. The van der Waals surface area contributed by atoms with Crippen molar-refractivity contribution < 1.29 is 27.6 Å². The molecule has 9 heteroatoms. The Balaban J connectivity index is 1.40. The Morgan fingerprint density at radius 3 is 1.92 bits per heavy atom. The van der Waals surface area contributed by atoms with Crippen LogP contribution in [0.3, 0.4) is 0 Å². The Hall–Kier alpha value is -5.21. The number of halogens is 4. The molecular formula is C43H40ClF3N2O3. The fourth-order valence-corrected chi connectivity index (χ4v) is 6.27. The first-order valence-corrected chi connectivity index (χ1v) is 17.3. The standard InChI is InChI=1S/C43H40ClF3N2O3/c1-27-24-35(19-21-36(27)37-20-18-34(26-39(37)44)43(45,46)47)49-41(52)38(25-28-6-8-32(9-7-28)40(51)48-22-5-23-50)31-12-10-29(11-13-31)30-14-16-33(17-15-30)42(2,3)4/h6-21,23-24,26,38H,5,22,25H2,1-4H3,(H,48,51)(H,49,52). The summed E-state index contributed by atoms with van der Waals surface area (Å²) < 4.78 is 39.6. The maximum absolute atomic E-state index is 14.0. The van der Waals surface area contributed by atoms with Crippen molar-refractivity contribution in [3.63, 3.8) is 0 Å². The Morgan fingerprint density at radius 2 is 1.37 bits per heavy atom. The van der Waals surface area contributed by atoms with E-state index < -0.39 is 17.7 Å². The van der Waals surface area contributed by atoms with E-state index in [0.29, 0.717) is 28.8 Å². The van der Waals surface area contributed by atoms with Gasteiger partial charge in [-0.2, -0.15) is 13.2 Å². The monoisotopic (exact) mass is 724 g/mol. The largest absolute Gasteiger partial charge is 0.416 e. The van der Waals surface area contributed by atoms with E-state index in [4.69, 9.17) is 11.6 Å². The molecule has 0 bridgehead atoms. The minimum absolute atomic E-state index is 0.0205. The van der Waals surface area contributed by atoms with Gasteiger partial charge in [-0.05, 0) is 94.1 Å². The molecule has 0 aliphatic rings. The SMILES string of the molecule is Cc1cc(NC(=O)C(Cc2ccc(C(=O)NCCC=O)cc2)c2ccc(-c3ccc(C(C)(C)C)cc3)cc2)ccc1-c1ccc(C(F)(F)F)cc1Cl. The summed E-state index contributed by atoms with van der Waals surface area (Å²) in [7, 11) is 0. The van der Waals surface area contributed by atoms with Crippen LogP contribution in [0, 0.1) is 6.92 Å². The van der Waals surface area contributed by atoms with Crippen molar-refractivity contribution in [1.82, 2.24) is 5.32 Å². The summed E-state index contributed by atoms with van der Waals surface area (Å²) >= 11 is 6.28. The van der Waals surface area contributed by atoms with E-state index in [0.717, 1.165) is 46.2 Å². The van der Waals surface area contributed by atoms with Crippen molar-refractivity contribution in [2.75, 3.05) is 11.9 Å². The second kappa shape index (κ2) is 16.0. The summed E-state index contributed by atoms with van der Waals surface area (Å²) in [6, 6.07) is 31.8. The zero-order valence-corrected chi connectivity index (χ0v) is 30.2. The number of aryl methyl sites for hydroxylation is 1. The van der Waals surface area contributed by atoms with Gasteiger partial charge in [0.25, 0.3) is 5.91 Å². The predicted octanol–water partition coefficient (Wildman–Crippen LogP) is 10.6. The first kappa shape index (κ1) is 38.0. The molecule has 5 nitrogen and oxygen atoms in total. The van der Waals surface area contributed by atoms with Crippen LogP contribution in [0.25, 0.3) is 22.3 Å². The first-order chi connectivity index (χ1) is 24.6. The van der Waals surface area contributed by atoms with Crippen molar-refractivity contribution in [2.24, 2.45) is 0 Å². The van der Waals surface area contributed by atoms with Gasteiger partial charge in [0, 0.05) is 34.8 Å². The summed E-state index contributed by atoms with van der Waals surface area (Å²) in [5.74, 6) is -1.14. The van der Waals surface area contributed by atoms with Gasteiger partial charge in [-0.15, -0.1) is 0 Å². The fraction of sp³-hybridized carbons (Fsp3) is 0.233. The number of amides is 2. The molecule has 2 N–H and O–H groups in total. The third-order valence-corrected chi connectivity index (χ3v) is 9.31. The minimum atomic E-state index is -4.51. The molecule has 52 heavy (non-hydrogen) atoms. The Morgan fingerprint density at radius 1 is 0.769 bits per heavy atom. The molecule has 2 amide bonds. The molecule has 0 heterocycles. The van der Waals surface area contributed by atoms with Gasteiger partial charge in [-0.25, -0.2) is 0 Å². The van der Waals surface area contributed by atoms with E-state index in [1.807, 2.05) is 36.4 Å². The Kier molecular flexibility index (Phi) is 11.7. The van der Waals surface area contributed by atoms with Gasteiger partial charge >= 0.3 is 6.18 Å². The molecule has 0 aliphatic carbocycles. The van der Waals surface area contributed by atoms with Crippen LogP contribution in [0.2, 0.25) is 5.02 Å². The molecule has 0 aromatic heterocycles. The summed E-state index contributed by atoms with van der Waals surface area (Å²) in [5.41, 5.74) is 6.96. The number of aldehydes is 1. The number of carbonyl (C=O) groups is 3. The van der Waals surface area contributed by atoms with Gasteiger partial charge in [-0.1, -0.05) is 105 Å². The van der Waals surface area contributed by atoms with E-state index >= 15 is 0 Å². The molecule has 5 aromatic carbocycles. The van der Waals surface area contributed by atoms with Crippen molar-refractivity contribution in [2.45, 2.75) is 58.0 Å². The fourth-order valence-electron chi connectivity index (χ4n) is 5.99. The lowest BCUT2D eigenvalue weighted by Crippen LogP contribution is -2.25. The zero-order chi connectivity index (χ0) is 37.6. The molecule has 1 unspecified atom stereocenters. The van der Waals surface area contributed by atoms with Crippen LogP contribution in [-0.4, -0.2) is 24.6 Å². The van der Waals surface area contributed by atoms with Crippen LogP contribution in [0.5, 0.6) is 0 Å². The number of alkyl halides is 3. The predicted molar refractivity (Wildman–Crippen MR) is 202 cm³/mol. The van der Waals surface area contributed by atoms with E-state index in [2.05, 4.69) is 55.7 Å². The van der Waals surface area contributed by atoms with E-state index in [-0.39, 0.29) is 35.2 Å². The van der Waals surface area contributed by atoms with Crippen molar-refractivity contribution in [3.05, 3.63) is 148 Å². The van der Waals surface area contributed by atoms with Gasteiger partial charge in [0.2, 0.25) is 5.91 Å². The minimum Gasteiger partial charge on any atom is -0.352 e. The molecule has 0 spiro atoms. The highest BCUT2D eigenvalue weighted by atomic mass is 35.5. The van der Waals surface area contributed by atoms with Crippen LogP contribution in [0.4, 0.5) is 18.9 Å². The Bertz CT molecular complexity index is 2050. The van der Waals surface area contributed by atoms with Gasteiger partial charge in [0.1, 0.15) is 6.29 Å². The zero-order valence-electron chi connectivity index (χ0n) is 29.4. The number of nitrogens with one attached hydrogen (secondary N) is 2. The van der Waals surface area contributed by atoms with E-state index in [9.17, 15) is 27.6 Å². The molecular weight excluding hydrogens is 685 g/mol. The van der Waals surface area contributed by atoms with E-state index in [1.165, 1.54) is 11.6 Å². The quantitative estimate of drug-likeness (QED) is 0.105. The van der Waals surface area contributed by atoms with Crippen LogP contribution < -0.4 is 10.6 Å². The molecule has 0 radical (unpaired) electrons. The number of carbonyl (C=O) groups excluding carboxylic acids is 3. The molecule has 0 fully saturated rings. The molecule has 0 saturated carbocycles. The second-order valence-electron chi connectivity index (χ2n) is 13.8. The van der Waals surface area contributed by atoms with Gasteiger partial charge < -0.3 is 15.4 Å². The van der Waals surface area contributed by atoms with Gasteiger partial charge in [0.05, 0.1) is 11.5 Å². The second-order valence-corrected chi connectivity index (χ2v) is 14.2. The summed E-state index contributed by atoms with van der Waals surface area (Å²) in [4.78, 5) is 37.1. The topological polar surface area (TPSA) is 75.3 Å². The number of hydrogen-bond donors (Lipinski definition) is 2. The first-order valence-electron chi connectivity index (χ1n) is 16.9. The third-order valence-electron chi connectivity index (χ3n) is 9.00. The number of benzene rings is 5. The highest BCUT2D eigenvalue weighted by molar-refractivity contribution is 6.33. The smallest absolute Gasteiger partial charge is 0.352 e. The molecule has 268 valence electrons.